The van der Waals surface area contributed by atoms with Crippen LogP contribution in [-0.2, 0) is 0 Å². The largest absolute Gasteiger partial charge is 0.382 e. The molecule has 0 bridgehead atoms. The van der Waals surface area contributed by atoms with E-state index in [9.17, 15) is 0 Å². The summed E-state index contributed by atoms with van der Waals surface area (Å²) < 4.78 is 0. The predicted molar refractivity (Wildman–Crippen MR) is 78.2 cm³/mol. The molecule has 1 unspecified atom stereocenters. The van der Waals surface area contributed by atoms with Crippen LogP contribution in [0.1, 0.15) is 39.5 Å². The topological polar surface area (TPSA) is 28.2 Å². The monoisotopic (exact) mass is 247 g/mol. The van der Waals surface area contributed by atoms with Crippen molar-refractivity contribution in [1.82, 2.24) is 4.98 Å². The Morgan fingerprint density at radius 2 is 2.17 bits per heavy atom. The molecule has 0 spiro atoms. The SMILES string of the molecule is CCCC(C)CNc1cccnc1N1CCCC1. The Kier molecular flexibility index (Phi) is 4.85. The smallest absolute Gasteiger partial charge is 0.151 e. The summed E-state index contributed by atoms with van der Waals surface area (Å²) in [5.41, 5.74) is 1.20. The van der Waals surface area contributed by atoms with Gasteiger partial charge < -0.3 is 10.2 Å². The summed E-state index contributed by atoms with van der Waals surface area (Å²) in [5, 5.41) is 3.57. The molecule has 0 radical (unpaired) electrons. The van der Waals surface area contributed by atoms with Crippen LogP contribution in [0.4, 0.5) is 11.5 Å². The standard InChI is InChI=1S/C15H25N3/c1-3-7-13(2)12-17-14-8-6-9-16-15(14)18-10-4-5-11-18/h6,8-9,13,17H,3-5,7,10-12H2,1-2H3. The second-order valence-corrected chi connectivity index (χ2v) is 5.34. The number of hydrogen-bond donors (Lipinski definition) is 1. The first-order valence-electron chi connectivity index (χ1n) is 7.25. The van der Waals surface area contributed by atoms with Crippen LogP contribution in [0, 0.1) is 5.92 Å². The molecule has 1 atom stereocenters. The van der Waals surface area contributed by atoms with Gasteiger partial charge in [0.1, 0.15) is 0 Å². The Bertz CT molecular complexity index is 359. The number of nitrogens with one attached hydrogen (secondary N) is 1. The van der Waals surface area contributed by atoms with Crippen LogP contribution in [0.25, 0.3) is 0 Å². The van der Waals surface area contributed by atoms with Gasteiger partial charge in [0, 0.05) is 25.8 Å². The van der Waals surface area contributed by atoms with Crippen molar-refractivity contribution >= 4 is 11.5 Å². The van der Waals surface area contributed by atoms with Gasteiger partial charge in [-0.25, -0.2) is 4.98 Å². The molecule has 1 aromatic heterocycles. The second kappa shape index (κ2) is 6.62. The van der Waals surface area contributed by atoms with Crippen molar-refractivity contribution in [2.24, 2.45) is 5.92 Å². The molecule has 1 aliphatic heterocycles. The summed E-state index contributed by atoms with van der Waals surface area (Å²) in [6.07, 6.45) is 7.03. The fourth-order valence-electron chi connectivity index (χ4n) is 2.59. The van der Waals surface area contributed by atoms with Crippen molar-refractivity contribution in [3.63, 3.8) is 0 Å². The normalized spacial score (nSPS) is 16.9. The molecule has 0 saturated carbocycles. The summed E-state index contributed by atoms with van der Waals surface area (Å²) in [5.74, 6) is 1.86. The van der Waals surface area contributed by atoms with Gasteiger partial charge in [0.15, 0.2) is 5.82 Å². The molecule has 0 aromatic carbocycles. The molecule has 1 fully saturated rings. The third-order valence-corrected chi connectivity index (χ3v) is 3.61. The van der Waals surface area contributed by atoms with Gasteiger partial charge >= 0.3 is 0 Å². The Balaban J connectivity index is 1.98. The molecule has 0 aliphatic carbocycles. The number of hydrogen-bond acceptors (Lipinski definition) is 3. The first-order valence-corrected chi connectivity index (χ1v) is 7.25. The zero-order chi connectivity index (χ0) is 12.8. The van der Waals surface area contributed by atoms with E-state index in [1.165, 1.54) is 31.4 Å². The van der Waals surface area contributed by atoms with Crippen LogP contribution in [0.15, 0.2) is 18.3 Å². The first-order chi connectivity index (χ1) is 8.81. The minimum Gasteiger partial charge on any atom is -0.382 e. The van der Waals surface area contributed by atoms with Crippen LogP contribution >= 0.6 is 0 Å². The van der Waals surface area contributed by atoms with E-state index < -0.39 is 0 Å². The van der Waals surface area contributed by atoms with Crippen LogP contribution in [0.3, 0.4) is 0 Å². The van der Waals surface area contributed by atoms with Crippen LogP contribution in [0.5, 0.6) is 0 Å². The zero-order valence-electron chi connectivity index (χ0n) is 11.7. The fraction of sp³-hybridized carbons (Fsp3) is 0.667. The average Bonchev–Trinajstić information content (AvgIpc) is 2.91. The number of nitrogens with zero attached hydrogens (tertiary/aromatic N) is 2. The third-order valence-electron chi connectivity index (χ3n) is 3.61. The molecule has 3 nitrogen and oxygen atoms in total. The number of aromatic nitrogens is 1. The lowest BCUT2D eigenvalue weighted by molar-refractivity contribution is 0.550. The maximum atomic E-state index is 4.55. The lowest BCUT2D eigenvalue weighted by Gasteiger charge is -2.21. The summed E-state index contributed by atoms with van der Waals surface area (Å²) >= 11 is 0. The first kappa shape index (κ1) is 13.2. The molecule has 1 aliphatic rings. The fourth-order valence-corrected chi connectivity index (χ4v) is 2.59. The van der Waals surface area contributed by atoms with Crippen molar-refractivity contribution in [1.29, 1.82) is 0 Å². The van der Waals surface area contributed by atoms with Crippen LogP contribution in [-0.4, -0.2) is 24.6 Å². The van der Waals surface area contributed by atoms with E-state index in [1.807, 2.05) is 12.3 Å². The van der Waals surface area contributed by atoms with Gasteiger partial charge in [-0.2, -0.15) is 0 Å². The predicted octanol–water partition coefficient (Wildman–Crippen LogP) is 3.53. The van der Waals surface area contributed by atoms with Crippen LogP contribution in [0.2, 0.25) is 0 Å². The quantitative estimate of drug-likeness (QED) is 0.833. The summed E-state index contributed by atoms with van der Waals surface area (Å²) in [6, 6.07) is 4.17. The molecule has 1 aromatic rings. The highest BCUT2D eigenvalue weighted by Crippen LogP contribution is 2.26. The average molecular weight is 247 g/mol. The molecule has 0 amide bonds. The number of pyridine rings is 1. The van der Waals surface area contributed by atoms with Crippen molar-refractivity contribution in [3.05, 3.63) is 18.3 Å². The maximum Gasteiger partial charge on any atom is 0.151 e. The Labute approximate surface area is 111 Å². The maximum absolute atomic E-state index is 4.55. The minimum absolute atomic E-state index is 0.724. The van der Waals surface area contributed by atoms with E-state index in [2.05, 4.69) is 35.1 Å². The molecule has 3 heteroatoms. The van der Waals surface area contributed by atoms with Gasteiger partial charge in [0.25, 0.3) is 0 Å². The highest BCUT2D eigenvalue weighted by Gasteiger charge is 2.16. The summed E-state index contributed by atoms with van der Waals surface area (Å²) in [7, 11) is 0. The number of rotatable bonds is 6. The van der Waals surface area contributed by atoms with Crippen molar-refractivity contribution in [3.8, 4) is 0 Å². The van der Waals surface area contributed by atoms with Gasteiger partial charge in [0.2, 0.25) is 0 Å². The lowest BCUT2D eigenvalue weighted by Crippen LogP contribution is -2.21. The van der Waals surface area contributed by atoms with Gasteiger partial charge in [0.05, 0.1) is 5.69 Å². The summed E-state index contributed by atoms with van der Waals surface area (Å²) in [6.45, 7) is 7.89. The van der Waals surface area contributed by atoms with E-state index in [0.29, 0.717) is 0 Å². The van der Waals surface area contributed by atoms with E-state index in [4.69, 9.17) is 0 Å². The van der Waals surface area contributed by atoms with Gasteiger partial charge in [-0.15, -0.1) is 0 Å². The highest BCUT2D eigenvalue weighted by molar-refractivity contribution is 5.65. The molecule has 2 heterocycles. The third kappa shape index (κ3) is 3.37. The zero-order valence-corrected chi connectivity index (χ0v) is 11.7. The van der Waals surface area contributed by atoms with Gasteiger partial charge in [-0.3, -0.25) is 0 Å². The summed E-state index contributed by atoms with van der Waals surface area (Å²) in [4.78, 5) is 6.94. The molecule has 1 saturated heterocycles. The number of anilines is 2. The highest BCUT2D eigenvalue weighted by atomic mass is 15.2. The van der Waals surface area contributed by atoms with Crippen molar-refractivity contribution in [2.75, 3.05) is 29.9 Å². The van der Waals surface area contributed by atoms with E-state index in [0.717, 1.165) is 31.4 Å². The molecular weight excluding hydrogens is 222 g/mol. The Morgan fingerprint density at radius 3 is 2.89 bits per heavy atom. The molecule has 100 valence electrons. The van der Waals surface area contributed by atoms with Gasteiger partial charge in [-0.05, 0) is 37.3 Å². The van der Waals surface area contributed by atoms with E-state index in [1.54, 1.807) is 0 Å². The van der Waals surface area contributed by atoms with E-state index in [-0.39, 0.29) is 0 Å². The van der Waals surface area contributed by atoms with Crippen molar-refractivity contribution in [2.45, 2.75) is 39.5 Å². The second-order valence-electron chi connectivity index (χ2n) is 5.34. The van der Waals surface area contributed by atoms with Crippen LogP contribution < -0.4 is 10.2 Å². The molecule has 18 heavy (non-hydrogen) atoms. The van der Waals surface area contributed by atoms with Gasteiger partial charge in [-0.1, -0.05) is 20.3 Å². The Hall–Kier alpha value is -1.25. The van der Waals surface area contributed by atoms with E-state index >= 15 is 0 Å². The molecular formula is C15H25N3. The lowest BCUT2D eigenvalue weighted by atomic mass is 10.1. The Morgan fingerprint density at radius 1 is 1.39 bits per heavy atom. The molecule has 2 rings (SSSR count). The van der Waals surface area contributed by atoms with Crippen molar-refractivity contribution < 1.29 is 0 Å². The molecule has 1 N–H and O–H groups in total. The minimum atomic E-state index is 0.724.